The molecule has 25 heteroatoms. The van der Waals surface area contributed by atoms with Gasteiger partial charge in [-0.1, -0.05) is 68.4 Å². The minimum absolute atomic E-state index is 0.0128. The fourth-order valence-electron chi connectivity index (χ4n) is 13.4. The highest BCUT2D eigenvalue weighted by molar-refractivity contribution is 6.36. The highest BCUT2D eigenvalue weighted by atomic mass is 35.5. The number of piperidine rings is 2. The van der Waals surface area contributed by atoms with Crippen molar-refractivity contribution >= 4 is 57.5 Å². The molecule has 0 saturated carbocycles. The lowest BCUT2D eigenvalue weighted by molar-refractivity contribution is -0.140. The smallest absolute Gasteiger partial charge is 0.405 e. The molecule has 7 heterocycles. The van der Waals surface area contributed by atoms with Crippen LogP contribution in [0.15, 0.2) is 85.5 Å². The van der Waals surface area contributed by atoms with E-state index in [0.717, 1.165) is 45.2 Å². The molecule has 0 aliphatic carbocycles. The second kappa shape index (κ2) is 26.9. The monoisotopic (exact) mass is 1250 g/mol. The highest BCUT2D eigenvalue weighted by Gasteiger charge is 2.38. The number of halogens is 4. The summed E-state index contributed by atoms with van der Waals surface area (Å²) in [7, 11) is 2.02. The fraction of sp³-hybridized carbons (Fsp3) is 0.462. The first-order valence-corrected chi connectivity index (χ1v) is 31.1. The zero-order chi connectivity index (χ0) is 63.5. The van der Waals surface area contributed by atoms with Gasteiger partial charge in [-0.25, -0.2) is 0 Å². The maximum absolute atomic E-state index is 13.9. The molecule has 474 valence electrons. The molecule has 4 N–H and O–H groups in total. The van der Waals surface area contributed by atoms with E-state index in [1.54, 1.807) is 17.0 Å². The van der Waals surface area contributed by atoms with Crippen molar-refractivity contribution in [1.82, 2.24) is 55.0 Å². The number of nitrogens with one attached hydrogen (secondary N) is 2. The van der Waals surface area contributed by atoms with Gasteiger partial charge in [0.05, 0.1) is 41.4 Å². The molecule has 0 radical (unpaired) electrons. The molecule has 3 atom stereocenters. The molecule has 0 spiro atoms. The largest absolute Gasteiger partial charge is 0.508 e. The van der Waals surface area contributed by atoms with Crippen LogP contribution < -0.4 is 25.2 Å². The number of anilines is 2. The summed E-state index contributed by atoms with van der Waals surface area (Å²) in [6.07, 6.45) is 0.529. The number of hydrogen-bond acceptors (Lipinski definition) is 16. The molecule has 4 amide bonds. The number of hydrogen-bond donors (Lipinski definition) is 4. The molecule has 4 aromatic carbocycles. The third-order valence-electron chi connectivity index (χ3n) is 18.2. The van der Waals surface area contributed by atoms with E-state index < -0.39 is 24.5 Å². The van der Waals surface area contributed by atoms with Crippen molar-refractivity contribution in [1.29, 1.82) is 5.26 Å². The third-order valence-corrected chi connectivity index (χ3v) is 18.6. The number of aromatic nitrogens is 5. The van der Waals surface area contributed by atoms with Gasteiger partial charge in [-0.05, 0) is 118 Å². The van der Waals surface area contributed by atoms with Crippen molar-refractivity contribution in [3.05, 3.63) is 119 Å². The highest BCUT2D eigenvalue weighted by Crippen LogP contribution is 2.40. The lowest BCUT2D eigenvalue weighted by Gasteiger charge is -2.42. The van der Waals surface area contributed by atoms with Gasteiger partial charge in [-0.3, -0.25) is 33.5 Å². The number of likely N-dealkylation sites (N-methyl/N-ethyl adjacent to an activating group) is 1. The summed E-state index contributed by atoms with van der Waals surface area (Å²) in [5.74, 6) is -2.01. The second-order valence-corrected chi connectivity index (χ2v) is 24.9. The number of likely N-dealkylation sites (tertiary alicyclic amines) is 3. The SMILES string of the molecule is C=CC(=O)N1CCN(c2nc(OC[C@@H]3CC(NC(=O)C4CCN(C(=O)C5CCN(Cc6ccc(-n7c(C(=O)NCC(F)(F)F)nnc7-c7cc(C(C)C)c(O)cc7O)cc6)CC5)CC4)CN3C)nc3c2CCN(c2cccc4cccc(Cl)c24)C3)C[C@@H]1CC#N. The van der Waals surface area contributed by atoms with E-state index >= 15 is 0 Å². The van der Waals surface area contributed by atoms with Crippen LogP contribution in [0.1, 0.15) is 91.3 Å². The maximum Gasteiger partial charge on any atom is 0.405 e. The number of rotatable bonds is 17. The van der Waals surface area contributed by atoms with Gasteiger partial charge in [-0.15, -0.1) is 10.2 Å². The average Bonchev–Trinajstić information content (AvgIpc) is 1.24. The summed E-state index contributed by atoms with van der Waals surface area (Å²) in [4.78, 5) is 76.4. The molecule has 4 saturated heterocycles. The van der Waals surface area contributed by atoms with Crippen molar-refractivity contribution in [2.45, 2.75) is 102 Å². The Morgan fingerprint density at radius 1 is 0.878 bits per heavy atom. The van der Waals surface area contributed by atoms with E-state index in [2.05, 4.69) is 66.0 Å². The second-order valence-electron chi connectivity index (χ2n) is 24.5. The van der Waals surface area contributed by atoms with Crippen LogP contribution in [0.3, 0.4) is 0 Å². The third kappa shape index (κ3) is 13.8. The van der Waals surface area contributed by atoms with Crippen molar-refractivity contribution in [2.24, 2.45) is 11.8 Å². The zero-order valence-electron chi connectivity index (χ0n) is 50.6. The number of alkyl halides is 3. The molecule has 90 heavy (non-hydrogen) atoms. The van der Waals surface area contributed by atoms with Crippen LogP contribution in [-0.4, -0.2) is 182 Å². The summed E-state index contributed by atoms with van der Waals surface area (Å²) >= 11 is 6.81. The summed E-state index contributed by atoms with van der Waals surface area (Å²) in [5, 5.41) is 47.1. The van der Waals surface area contributed by atoms with Crippen molar-refractivity contribution in [3.63, 3.8) is 0 Å². The van der Waals surface area contributed by atoms with Crippen LogP contribution in [0.4, 0.5) is 24.7 Å². The van der Waals surface area contributed by atoms with Gasteiger partial charge < -0.3 is 45.2 Å². The molecular formula is C65H74ClF3N14O7. The number of ether oxygens (including phenoxy) is 1. The Morgan fingerprint density at radius 3 is 2.32 bits per heavy atom. The Labute approximate surface area is 525 Å². The van der Waals surface area contributed by atoms with Gasteiger partial charge in [0.25, 0.3) is 5.91 Å². The summed E-state index contributed by atoms with van der Waals surface area (Å²) < 4.78 is 47.3. The molecule has 6 aromatic rings. The van der Waals surface area contributed by atoms with E-state index in [9.17, 15) is 47.8 Å². The number of piperazine rings is 1. The molecule has 5 aliphatic rings. The Balaban J connectivity index is 0.672. The lowest BCUT2D eigenvalue weighted by atomic mass is 9.91. The fourth-order valence-corrected chi connectivity index (χ4v) is 13.7. The molecule has 1 unspecified atom stereocenters. The maximum atomic E-state index is 13.9. The van der Waals surface area contributed by atoms with E-state index in [1.165, 1.54) is 16.7 Å². The van der Waals surface area contributed by atoms with E-state index in [0.29, 0.717) is 127 Å². The number of phenols is 2. The van der Waals surface area contributed by atoms with Crippen LogP contribution in [0.5, 0.6) is 17.5 Å². The number of carbonyl (C=O) groups is 4. The quantitative estimate of drug-likeness (QED) is 0.0638. The normalized spacial score (nSPS) is 19.7. The van der Waals surface area contributed by atoms with E-state index in [1.807, 2.05) is 61.4 Å². The lowest BCUT2D eigenvalue weighted by Crippen LogP contribution is -2.55. The molecule has 21 nitrogen and oxygen atoms in total. The number of nitrogens with zero attached hydrogens (tertiary/aromatic N) is 12. The number of nitriles is 1. The topological polar surface area (TPSA) is 242 Å². The molecule has 5 aliphatic heterocycles. The van der Waals surface area contributed by atoms with Crippen LogP contribution in [-0.2, 0) is 33.9 Å². The van der Waals surface area contributed by atoms with Gasteiger partial charge in [0.2, 0.25) is 23.5 Å². The Bertz CT molecular complexity index is 3710. The van der Waals surface area contributed by atoms with Crippen LogP contribution >= 0.6 is 11.6 Å². The molecule has 2 aromatic heterocycles. The number of aromatic hydroxyl groups is 2. The van der Waals surface area contributed by atoms with E-state index in [4.69, 9.17) is 26.3 Å². The van der Waals surface area contributed by atoms with Gasteiger partial charge in [0, 0.05) is 105 Å². The predicted octanol–water partition coefficient (Wildman–Crippen LogP) is 7.76. The summed E-state index contributed by atoms with van der Waals surface area (Å²) in [5.41, 5.74) is 4.71. The first-order valence-electron chi connectivity index (χ1n) is 30.7. The number of benzene rings is 4. The first-order chi connectivity index (χ1) is 43.2. The molecule has 0 bridgehead atoms. The molecule has 4 fully saturated rings. The minimum Gasteiger partial charge on any atom is -0.508 e. The summed E-state index contributed by atoms with van der Waals surface area (Å²) in [6.45, 7) is 12.1. The molecule has 11 rings (SSSR count). The number of phenolic OH excluding ortho intramolecular Hbond substituents is 2. The molecular weight excluding hydrogens is 1180 g/mol. The van der Waals surface area contributed by atoms with Crippen LogP contribution in [0, 0.1) is 23.2 Å². The number of fused-ring (bicyclic) bond motifs is 2. The Hall–Kier alpha value is -8.53. The Kier molecular flexibility index (Phi) is 18.8. The predicted molar refractivity (Wildman–Crippen MR) is 332 cm³/mol. The summed E-state index contributed by atoms with van der Waals surface area (Å²) in [6, 6.07) is 23.8. The van der Waals surface area contributed by atoms with Crippen molar-refractivity contribution in [2.75, 3.05) is 88.9 Å². The van der Waals surface area contributed by atoms with Gasteiger partial charge in [0.1, 0.15) is 30.5 Å². The number of carbonyl (C=O) groups excluding carboxylic acids is 4. The number of amides is 4. The Morgan fingerprint density at radius 2 is 1.61 bits per heavy atom. The van der Waals surface area contributed by atoms with Crippen molar-refractivity contribution < 1.29 is 47.3 Å². The van der Waals surface area contributed by atoms with E-state index in [-0.39, 0.29) is 95.5 Å². The zero-order valence-corrected chi connectivity index (χ0v) is 51.4. The van der Waals surface area contributed by atoms with Gasteiger partial charge in [-0.2, -0.15) is 28.4 Å². The standard InChI is InChI=1S/C65H74ClF3N14O7/c1-5-56(86)82-29-28-81(35-46(82)16-22-70)58-48-21-27-80(53-11-7-9-41-8-6-10-51(66)57(41)53)36-52(48)73-64(74-58)90-37-47-30-44(34-77(47)4)72-61(87)42-19-25-79(26-20-42)63(89)43-17-23-78(24-18-43)33-40-12-14-45(15-13-40)83-59(50-31-49(39(2)3)54(84)32-55(50)85)75-76-60(83)62(88)71-38-65(67,68)69/h5-15,31-32,39,42-44,46-47,84-85H,1,16-21,23-30,33-38H2,2-4H3,(H,71,88)(H,72,87)/t44?,46-,47-/m0/s1. The van der Waals surface area contributed by atoms with Crippen LogP contribution in [0.2, 0.25) is 5.02 Å². The average molecular weight is 1260 g/mol. The van der Waals surface area contributed by atoms with Gasteiger partial charge in [0.15, 0.2) is 5.82 Å². The first kappa shape index (κ1) is 63.1. The van der Waals surface area contributed by atoms with Crippen LogP contribution in [0.25, 0.3) is 27.8 Å². The minimum atomic E-state index is -4.67. The van der Waals surface area contributed by atoms with Gasteiger partial charge >= 0.3 is 12.2 Å². The van der Waals surface area contributed by atoms with Crippen molar-refractivity contribution in [3.8, 4) is 40.7 Å².